The van der Waals surface area contributed by atoms with E-state index in [9.17, 15) is 9.59 Å². The largest absolute Gasteiger partial charge is 0.443 e. The highest BCUT2D eigenvalue weighted by molar-refractivity contribution is 6.30. The topological polar surface area (TPSA) is 81.6 Å². The standard InChI is InChI=1S/C25H34ClN3O4/c1-14(2)17-13-11-12-15(3)18(17)19-16(4)20(26)28-21(27-19)29(22(30)32-24(5,6)7)23(31)33-25(8,9)10/h11-14H,1-10H3. The molecule has 0 fully saturated rings. The number of aryl methyl sites for hydroxylation is 1. The number of carbonyl (C=O) groups is 2. The van der Waals surface area contributed by atoms with Crippen LogP contribution in [-0.2, 0) is 9.47 Å². The summed E-state index contributed by atoms with van der Waals surface area (Å²) in [7, 11) is 0. The lowest BCUT2D eigenvalue weighted by Gasteiger charge is -2.28. The molecule has 2 rings (SSSR count). The Morgan fingerprint density at radius 3 is 1.91 bits per heavy atom. The second kappa shape index (κ2) is 9.67. The molecular formula is C25H34ClN3O4. The first-order valence-corrected chi connectivity index (χ1v) is 11.3. The molecule has 0 aliphatic carbocycles. The van der Waals surface area contributed by atoms with Gasteiger partial charge < -0.3 is 9.47 Å². The maximum absolute atomic E-state index is 13.1. The van der Waals surface area contributed by atoms with Gasteiger partial charge in [-0.1, -0.05) is 43.6 Å². The predicted octanol–water partition coefficient (Wildman–Crippen LogP) is 7.21. The molecule has 0 aliphatic heterocycles. The zero-order valence-corrected chi connectivity index (χ0v) is 21.9. The molecule has 33 heavy (non-hydrogen) atoms. The Bertz CT molecular complexity index is 1020. The summed E-state index contributed by atoms with van der Waals surface area (Å²) < 4.78 is 10.9. The van der Waals surface area contributed by atoms with Crippen molar-refractivity contribution in [3.05, 3.63) is 40.0 Å². The number of carbonyl (C=O) groups excluding carboxylic acids is 2. The molecule has 0 aliphatic rings. The summed E-state index contributed by atoms with van der Waals surface area (Å²) >= 11 is 6.49. The zero-order valence-electron chi connectivity index (χ0n) is 21.2. The van der Waals surface area contributed by atoms with Gasteiger partial charge in [-0.15, -0.1) is 4.90 Å². The number of anilines is 1. The van der Waals surface area contributed by atoms with Crippen LogP contribution in [0, 0.1) is 13.8 Å². The highest BCUT2D eigenvalue weighted by atomic mass is 35.5. The fourth-order valence-corrected chi connectivity index (χ4v) is 3.33. The summed E-state index contributed by atoms with van der Waals surface area (Å²) in [5, 5.41) is 0.130. The van der Waals surface area contributed by atoms with Crippen molar-refractivity contribution in [2.75, 3.05) is 4.90 Å². The van der Waals surface area contributed by atoms with E-state index in [1.807, 2.05) is 32.0 Å². The van der Waals surface area contributed by atoms with Crippen molar-refractivity contribution in [2.45, 2.75) is 86.4 Å². The van der Waals surface area contributed by atoms with Gasteiger partial charge in [0.25, 0.3) is 0 Å². The third-order valence-electron chi connectivity index (χ3n) is 4.59. The number of hydrogen-bond acceptors (Lipinski definition) is 6. The van der Waals surface area contributed by atoms with Crippen molar-refractivity contribution < 1.29 is 19.1 Å². The van der Waals surface area contributed by atoms with E-state index in [2.05, 4.69) is 23.8 Å². The van der Waals surface area contributed by atoms with Gasteiger partial charge in [0.1, 0.15) is 16.4 Å². The molecule has 0 unspecified atom stereocenters. The quantitative estimate of drug-likeness (QED) is 0.436. The first kappa shape index (κ1) is 26.6. The Morgan fingerprint density at radius 1 is 0.939 bits per heavy atom. The Balaban J connectivity index is 2.76. The molecule has 0 spiro atoms. The summed E-state index contributed by atoms with van der Waals surface area (Å²) in [5.74, 6) is 0.00589. The second-order valence-corrected chi connectivity index (χ2v) is 10.6. The summed E-state index contributed by atoms with van der Waals surface area (Å²) in [5.41, 5.74) is 2.44. The summed E-state index contributed by atoms with van der Waals surface area (Å²) in [6.07, 6.45) is -1.90. The van der Waals surface area contributed by atoms with Gasteiger partial charge in [0.15, 0.2) is 0 Å². The van der Waals surface area contributed by atoms with Crippen LogP contribution in [0.2, 0.25) is 5.15 Å². The number of ether oxygens (including phenoxy) is 2. The van der Waals surface area contributed by atoms with Crippen molar-refractivity contribution in [3.63, 3.8) is 0 Å². The van der Waals surface area contributed by atoms with E-state index in [4.69, 9.17) is 21.1 Å². The molecule has 1 heterocycles. The van der Waals surface area contributed by atoms with Crippen LogP contribution in [0.1, 0.15) is 78.0 Å². The molecule has 180 valence electrons. The molecular weight excluding hydrogens is 442 g/mol. The molecule has 0 saturated heterocycles. The van der Waals surface area contributed by atoms with Crippen LogP contribution in [0.15, 0.2) is 18.2 Å². The van der Waals surface area contributed by atoms with Crippen LogP contribution < -0.4 is 4.90 Å². The average molecular weight is 476 g/mol. The van der Waals surface area contributed by atoms with Crippen molar-refractivity contribution in [3.8, 4) is 11.3 Å². The maximum atomic E-state index is 13.1. The monoisotopic (exact) mass is 475 g/mol. The number of halogens is 1. The Hall–Kier alpha value is -2.67. The minimum atomic E-state index is -0.948. The van der Waals surface area contributed by atoms with Gasteiger partial charge in [0.2, 0.25) is 5.95 Å². The number of aromatic nitrogens is 2. The highest BCUT2D eigenvalue weighted by Crippen LogP contribution is 2.36. The van der Waals surface area contributed by atoms with Gasteiger partial charge in [0.05, 0.1) is 5.69 Å². The van der Waals surface area contributed by atoms with Gasteiger partial charge in [-0.05, 0) is 72.4 Å². The average Bonchev–Trinajstić information content (AvgIpc) is 2.61. The molecule has 0 saturated carbocycles. The van der Waals surface area contributed by atoms with Crippen LogP contribution in [-0.4, -0.2) is 33.4 Å². The van der Waals surface area contributed by atoms with Gasteiger partial charge in [-0.2, -0.15) is 4.98 Å². The van der Waals surface area contributed by atoms with E-state index >= 15 is 0 Å². The molecule has 0 atom stereocenters. The lowest BCUT2D eigenvalue weighted by molar-refractivity contribution is 0.0427. The number of benzene rings is 1. The van der Waals surface area contributed by atoms with Crippen LogP contribution in [0.3, 0.4) is 0 Å². The third-order valence-corrected chi connectivity index (χ3v) is 4.96. The fourth-order valence-electron chi connectivity index (χ4n) is 3.17. The third kappa shape index (κ3) is 6.67. The van der Waals surface area contributed by atoms with E-state index in [0.717, 1.165) is 16.7 Å². The van der Waals surface area contributed by atoms with Crippen LogP contribution in [0.25, 0.3) is 11.3 Å². The van der Waals surface area contributed by atoms with E-state index in [0.29, 0.717) is 16.2 Å². The molecule has 0 radical (unpaired) electrons. The number of amides is 2. The molecule has 7 nitrogen and oxygen atoms in total. The maximum Gasteiger partial charge on any atom is 0.427 e. The van der Waals surface area contributed by atoms with Crippen molar-refractivity contribution in [1.82, 2.24) is 9.97 Å². The van der Waals surface area contributed by atoms with Crippen molar-refractivity contribution >= 4 is 29.7 Å². The second-order valence-electron chi connectivity index (χ2n) is 10.3. The van der Waals surface area contributed by atoms with E-state index in [1.54, 1.807) is 41.5 Å². The van der Waals surface area contributed by atoms with Crippen LogP contribution >= 0.6 is 11.6 Å². The molecule has 1 aromatic carbocycles. The first-order valence-electron chi connectivity index (χ1n) is 10.9. The minimum Gasteiger partial charge on any atom is -0.443 e. The molecule has 2 aromatic rings. The van der Waals surface area contributed by atoms with E-state index in [1.165, 1.54) is 0 Å². The van der Waals surface area contributed by atoms with E-state index < -0.39 is 23.4 Å². The molecule has 8 heteroatoms. The fraction of sp³-hybridized carbons (Fsp3) is 0.520. The van der Waals surface area contributed by atoms with E-state index in [-0.39, 0.29) is 17.0 Å². The summed E-state index contributed by atoms with van der Waals surface area (Å²) in [6.45, 7) is 18.2. The predicted molar refractivity (Wildman–Crippen MR) is 131 cm³/mol. The Kier molecular flexibility index (Phi) is 7.79. The van der Waals surface area contributed by atoms with Gasteiger partial charge in [-0.25, -0.2) is 14.6 Å². The summed E-state index contributed by atoms with van der Waals surface area (Å²) in [6, 6.07) is 6.00. The molecule has 1 aromatic heterocycles. The number of imide groups is 1. The van der Waals surface area contributed by atoms with Crippen LogP contribution in [0.5, 0.6) is 0 Å². The van der Waals surface area contributed by atoms with Crippen molar-refractivity contribution in [1.29, 1.82) is 0 Å². The first-order chi connectivity index (χ1) is 15.0. The minimum absolute atomic E-state index is 0.130. The molecule has 0 bridgehead atoms. The summed E-state index contributed by atoms with van der Waals surface area (Å²) in [4.78, 5) is 35.7. The van der Waals surface area contributed by atoms with Gasteiger partial charge in [-0.3, -0.25) is 0 Å². The molecule has 0 N–H and O–H groups in total. The van der Waals surface area contributed by atoms with Crippen molar-refractivity contribution in [2.24, 2.45) is 0 Å². The zero-order chi connectivity index (χ0) is 25.3. The van der Waals surface area contributed by atoms with Gasteiger partial charge >= 0.3 is 12.2 Å². The van der Waals surface area contributed by atoms with Crippen LogP contribution in [0.4, 0.5) is 15.5 Å². The number of rotatable bonds is 3. The van der Waals surface area contributed by atoms with Gasteiger partial charge in [0, 0.05) is 11.1 Å². The molecule has 2 amide bonds. The Morgan fingerprint density at radius 2 is 1.45 bits per heavy atom. The normalized spacial score (nSPS) is 12.0. The lowest BCUT2D eigenvalue weighted by Crippen LogP contribution is -2.44. The SMILES string of the molecule is Cc1cccc(C(C)C)c1-c1nc(N(C(=O)OC(C)(C)C)C(=O)OC(C)(C)C)nc(Cl)c1C. The Labute approximate surface area is 201 Å². The highest BCUT2D eigenvalue weighted by Gasteiger charge is 2.35. The smallest absolute Gasteiger partial charge is 0.427 e. The number of hydrogen-bond donors (Lipinski definition) is 0. The number of nitrogens with zero attached hydrogens (tertiary/aromatic N) is 3. The lowest BCUT2D eigenvalue weighted by atomic mass is 9.90.